The lowest BCUT2D eigenvalue weighted by Crippen LogP contribution is -2.28. The fourth-order valence-corrected chi connectivity index (χ4v) is 5.65. The summed E-state index contributed by atoms with van der Waals surface area (Å²) >= 11 is 2.89. The first kappa shape index (κ1) is 22.5. The fraction of sp³-hybridized carbons (Fsp3) is 0.292. The first-order valence-corrected chi connectivity index (χ1v) is 12.3. The summed E-state index contributed by atoms with van der Waals surface area (Å²) in [6.45, 7) is 4.64. The summed E-state index contributed by atoms with van der Waals surface area (Å²) in [7, 11) is 1.60. The van der Waals surface area contributed by atoms with Crippen LogP contribution in [-0.2, 0) is 11.3 Å². The summed E-state index contributed by atoms with van der Waals surface area (Å²) in [5, 5.41) is 4.50. The topological polar surface area (TPSA) is 73.2 Å². The molecule has 0 spiro atoms. The lowest BCUT2D eigenvalue weighted by Gasteiger charge is -2.15. The molecule has 3 aromatic rings. The maximum absolute atomic E-state index is 13.5. The molecule has 6 nitrogen and oxygen atoms in total. The molecule has 2 atom stereocenters. The van der Waals surface area contributed by atoms with Crippen molar-refractivity contribution in [3.05, 3.63) is 76.1 Å². The zero-order valence-corrected chi connectivity index (χ0v) is 19.8. The number of fused-ring (bicyclic) bond motifs is 1. The fourth-order valence-electron chi connectivity index (χ4n) is 3.52. The van der Waals surface area contributed by atoms with Crippen LogP contribution in [0.25, 0.3) is 5.69 Å². The maximum atomic E-state index is 13.5. The van der Waals surface area contributed by atoms with Gasteiger partial charge in [0.15, 0.2) is 5.16 Å². The predicted molar refractivity (Wildman–Crippen MR) is 129 cm³/mol. The van der Waals surface area contributed by atoms with E-state index in [1.807, 2.05) is 54.6 Å². The van der Waals surface area contributed by atoms with Crippen LogP contribution < -0.4 is 15.6 Å². The molecule has 1 N–H and O–H groups in total. The highest BCUT2D eigenvalue weighted by molar-refractivity contribution is 8.00. The third kappa shape index (κ3) is 4.71. The van der Waals surface area contributed by atoms with Crippen LogP contribution in [0.4, 0.5) is 0 Å². The van der Waals surface area contributed by atoms with Gasteiger partial charge < -0.3 is 10.1 Å². The molecule has 8 heteroatoms. The third-order valence-electron chi connectivity index (χ3n) is 5.50. The second-order valence-corrected chi connectivity index (χ2v) is 9.92. The molecule has 1 aromatic heterocycles. The minimum atomic E-state index is -0.107. The van der Waals surface area contributed by atoms with Crippen LogP contribution in [0.3, 0.4) is 0 Å². The Balaban J connectivity index is 1.60. The van der Waals surface area contributed by atoms with E-state index in [1.54, 1.807) is 23.4 Å². The van der Waals surface area contributed by atoms with Crippen molar-refractivity contribution in [3.63, 3.8) is 0 Å². The molecule has 2 aromatic carbocycles. The number of aromatic nitrogens is 2. The molecule has 0 bridgehead atoms. The van der Waals surface area contributed by atoms with Gasteiger partial charge in [0.1, 0.15) is 10.8 Å². The number of nitrogens with one attached hydrogen (secondary N) is 1. The van der Waals surface area contributed by atoms with Gasteiger partial charge in [-0.3, -0.25) is 14.2 Å². The van der Waals surface area contributed by atoms with Crippen molar-refractivity contribution in [3.8, 4) is 11.4 Å². The number of methoxy groups -OCH3 is 1. The average Bonchev–Trinajstić information content (AvgIpc) is 3.10. The van der Waals surface area contributed by atoms with Crippen LogP contribution in [0.15, 0.2) is 69.6 Å². The average molecular weight is 468 g/mol. The van der Waals surface area contributed by atoms with E-state index in [2.05, 4.69) is 19.2 Å². The van der Waals surface area contributed by atoms with Crippen LogP contribution >= 0.6 is 23.5 Å². The first-order chi connectivity index (χ1) is 15.5. The highest BCUT2D eigenvalue weighted by Crippen LogP contribution is 2.43. The third-order valence-corrected chi connectivity index (χ3v) is 7.76. The number of thioether (sulfide) groups is 2. The van der Waals surface area contributed by atoms with Crippen molar-refractivity contribution < 1.29 is 9.53 Å². The second-order valence-electron chi connectivity index (χ2n) is 7.61. The number of benzene rings is 2. The predicted octanol–water partition coefficient (Wildman–Crippen LogP) is 4.25. The van der Waals surface area contributed by atoms with E-state index in [4.69, 9.17) is 9.72 Å². The zero-order chi connectivity index (χ0) is 22.7. The molecule has 0 saturated carbocycles. The van der Waals surface area contributed by atoms with E-state index in [-0.39, 0.29) is 28.4 Å². The van der Waals surface area contributed by atoms with Gasteiger partial charge in [-0.1, -0.05) is 55.9 Å². The van der Waals surface area contributed by atoms with Gasteiger partial charge in [0.2, 0.25) is 5.91 Å². The van der Waals surface area contributed by atoms with Crippen LogP contribution in [0, 0.1) is 0 Å². The molecule has 0 unspecified atom stereocenters. The lowest BCUT2D eigenvalue weighted by molar-refractivity contribution is -0.118. The monoisotopic (exact) mass is 467 g/mol. The Morgan fingerprint density at radius 1 is 1.16 bits per heavy atom. The van der Waals surface area contributed by atoms with Crippen LogP contribution in [0.2, 0.25) is 0 Å². The standard InChI is InChI=1S/C24H25N3O3S2/c1-15-16(2)32-22-21(15)23(29)27(18-9-11-19(30-3)12-10-18)24(26-22)31-14-20(28)25-13-17-7-5-4-6-8-17/h4-12,15-16H,13-14H2,1-3H3,(H,25,28)/t15-,16-/m1/s1. The quantitative estimate of drug-likeness (QED) is 0.318. The van der Waals surface area contributed by atoms with Crippen molar-refractivity contribution >= 4 is 29.4 Å². The SMILES string of the molecule is COc1ccc(-n2c(SCC(=O)NCc3ccccc3)nc3c(c2=O)[C@H](C)[C@@H](C)S3)cc1. The Bertz CT molecular complexity index is 1160. The molecule has 1 amide bonds. The van der Waals surface area contributed by atoms with E-state index in [1.165, 1.54) is 11.8 Å². The molecule has 2 heterocycles. The number of carbonyl (C=O) groups excluding carboxylic acids is 1. The zero-order valence-electron chi connectivity index (χ0n) is 18.2. The van der Waals surface area contributed by atoms with E-state index in [9.17, 15) is 9.59 Å². The Morgan fingerprint density at radius 2 is 1.88 bits per heavy atom. The minimum Gasteiger partial charge on any atom is -0.497 e. The molecule has 4 rings (SSSR count). The Hall–Kier alpha value is -2.71. The molecule has 0 fully saturated rings. The highest BCUT2D eigenvalue weighted by atomic mass is 32.2. The van der Waals surface area contributed by atoms with Crippen molar-refractivity contribution in [2.45, 2.75) is 41.7 Å². The molecule has 1 aliphatic heterocycles. The first-order valence-electron chi connectivity index (χ1n) is 10.4. The summed E-state index contributed by atoms with van der Waals surface area (Å²) in [4.78, 5) is 30.8. The van der Waals surface area contributed by atoms with Gasteiger partial charge in [0.25, 0.3) is 5.56 Å². The minimum absolute atomic E-state index is 0.0725. The smallest absolute Gasteiger partial charge is 0.263 e. The highest BCUT2D eigenvalue weighted by Gasteiger charge is 2.33. The number of rotatable bonds is 7. The number of amides is 1. The van der Waals surface area contributed by atoms with Gasteiger partial charge in [0, 0.05) is 17.7 Å². The van der Waals surface area contributed by atoms with Gasteiger partial charge in [-0.2, -0.15) is 0 Å². The van der Waals surface area contributed by atoms with Crippen molar-refractivity contribution in [2.75, 3.05) is 12.9 Å². The van der Waals surface area contributed by atoms with Crippen molar-refractivity contribution in [2.24, 2.45) is 0 Å². The van der Waals surface area contributed by atoms with Gasteiger partial charge in [0.05, 0.1) is 24.1 Å². The van der Waals surface area contributed by atoms with Gasteiger partial charge in [-0.05, 0) is 29.8 Å². The molecule has 0 radical (unpaired) electrons. The summed E-state index contributed by atoms with van der Waals surface area (Å²) in [6, 6.07) is 17.1. The van der Waals surface area contributed by atoms with E-state index < -0.39 is 0 Å². The molecular weight excluding hydrogens is 442 g/mol. The summed E-state index contributed by atoms with van der Waals surface area (Å²) in [5.41, 5.74) is 2.42. The van der Waals surface area contributed by atoms with Crippen LogP contribution in [-0.4, -0.2) is 33.6 Å². The molecular formula is C24H25N3O3S2. The number of ether oxygens (including phenoxy) is 1. The summed E-state index contributed by atoms with van der Waals surface area (Å²) < 4.78 is 6.86. The van der Waals surface area contributed by atoms with Crippen LogP contribution in [0.1, 0.15) is 30.9 Å². The maximum Gasteiger partial charge on any atom is 0.263 e. The van der Waals surface area contributed by atoms with Gasteiger partial charge in [-0.15, -0.1) is 11.8 Å². The van der Waals surface area contributed by atoms with Crippen molar-refractivity contribution in [1.82, 2.24) is 14.9 Å². The molecule has 0 saturated heterocycles. The normalized spacial score (nSPS) is 17.1. The summed E-state index contributed by atoms with van der Waals surface area (Å²) in [5.74, 6) is 0.893. The lowest BCUT2D eigenvalue weighted by atomic mass is 10.0. The van der Waals surface area contributed by atoms with Gasteiger partial charge >= 0.3 is 0 Å². The van der Waals surface area contributed by atoms with E-state index in [0.29, 0.717) is 23.1 Å². The summed E-state index contributed by atoms with van der Waals surface area (Å²) in [6.07, 6.45) is 0. The molecule has 0 aliphatic carbocycles. The van der Waals surface area contributed by atoms with Crippen LogP contribution in [0.5, 0.6) is 5.75 Å². The van der Waals surface area contributed by atoms with Gasteiger partial charge in [-0.25, -0.2) is 4.98 Å². The molecule has 32 heavy (non-hydrogen) atoms. The van der Waals surface area contributed by atoms with E-state index >= 15 is 0 Å². The second kappa shape index (κ2) is 9.83. The number of hydrogen-bond acceptors (Lipinski definition) is 6. The number of carbonyl (C=O) groups is 1. The number of hydrogen-bond donors (Lipinski definition) is 1. The van der Waals surface area contributed by atoms with E-state index in [0.717, 1.165) is 16.2 Å². The molecule has 166 valence electrons. The molecule has 1 aliphatic rings. The van der Waals surface area contributed by atoms with Crippen molar-refractivity contribution in [1.29, 1.82) is 0 Å². The largest absolute Gasteiger partial charge is 0.497 e. The Kier molecular flexibility index (Phi) is 6.91. The number of nitrogens with zero attached hydrogens (tertiary/aromatic N) is 2. The Morgan fingerprint density at radius 3 is 2.56 bits per heavy atom. The Labute approximate surface area is 195 Å².